The van der Waals surface area contributed by atoms with Crippen molar-refractivity contribution < 1.29 is 0 Å². The molecule has 0 aliphatic heterocycles. The van der Waals surface area contributed by atoms with E-state index in [-0.39, 0.29) is 0 Å². The zero-order valence-electron chi connectivity index (χ0n) is 9.19. The topological polar surface area (TPSA) is 0 Å². The molecule has 0 spiro atoms. The second kappa shape index (κ2) is 6.53. The Hall–Kier alpha value is 0.0218. The van der Waals surface area contributed by atoms with Crippen molar-refractivity contribution in [3.8, 4) is 0 Å². The molecule has 0 atom stereocenters. The van der Waals surface area contributed by atoms with Crippen molar-refractivity contribution in [2.24, 2.45) is 0 Å². The highest BCUT2D eigenvalue weighted by molar-refractivity contribution is 6.80. The minimum absolute atomic E-state index is 0.906. The second-order valence-corrected chi connectivity index (χ2v) is 9.68. The summed E-state index contributed by atoms with van der Waals surface area (Å²) < 4.78 is 0. The van der Waals surface area contributed by atoms with Crippen molar-refractivity contribution in [3.05, 3.63) is 11.8 Å². The van der Waals surface area contributed by atoms with E-state index >= 15 is 0 Å². The van der Waals surface area contributed by atoms with Crippen LogP contribution in [0, 0.1) is 0 Å². The molecule has 70 valence electrons. The van der Waals surface area contributed by atoms with Crippen LogP contribution < -0.4 is 0 Å². The molecular formula is C10H23BSi. The smallest absolute Gasteiger partial charge is 0.0989 e. The zero-order valence-corrected chi connectivity index (χ0v) is 10.2. The highest BCUT2D eigenvalue weighted by Gasteiger charge is 2.05. The summed E-state index contributed by atoms with van der Waals surface area (Å²) in [5, 5.41) is 0. The van der Waals surface area contributed by atoms with Crippen LogP contribution >= 0.6 is 0 Å². The van der Waals surface area contributed by atoms with Crippen molar-refractivity contribution in [2.45, 2.75) is 52.0 Å². The third-order valence-electron chi connectivity index (χ3n) is 1.84. The van der Waals surface area contributed by atoms with Gasteiger partial charge in [-0.2, -0.15) is 0 Å². The molecule has 0 rings (SSSR count). The number of hydrogen-bond acceptors (Lipinski definition) is 0. The molecule has 0 saturated heterocycles. The molecule has 0 nitrogen and oxygen atoms in total. The van der Waals surface area contributed by atoms with E-state index in [1.54, 1.807) is 0 Å². The van der Waals surface area contributed by atoms with Crippen LogP contribution in [0.3, 0.4) is 0 Å². The molecule has 0 aromatic heterocycles. The first-order valence-corrected chi connectivity index (χ1v) is 8.81. The van der Waals surface area contributed by atoms with Gasteiger partial charge in [0.2, 0.25) is 0 Å². The molecule has 0 heterocycles. The Morgan fingerprint density at radius 2 is 1.92 bits per heavy atom. The molecule has 0 aliphatic rings. The Labute approximate surface area is 79.7 Å². The van der Waals surface area contributed by atoms with Crippen LogP contribution in [0.15, 0.2) is 11.8 Å². The van der Waals surface area contributed by atoms with Gasteiger partial charge in [0.25, 0.3) is 0 Å². The summed E-state index contributed by atoms with van der Waals surface area (Å²) in [5.74, 6) is 0. The Balaban J connectivity index is 3.25. The van der Waals surface area contributed by atoms with E-state index in [0.29, 0.717) is 0 Å². The Morgan fingerprint density at radius 3 is 2.42 bits per heavy atom. The van der Waals surface area contributed by atoms with E-state index in [9.17, 15) is 0 Å². The molecule has 0 saturated carbocycles. The maximum Gasteiger partial charge on any atom is 0.120 e. The average molecular weight is 182 g/mol. The fourth-order valence-electron chi connectivity index (χ4n) is 1.13. The lowest BCUT2D eigenvalue weighted by atomic mass is 9.70. The highest BCUT2D eigenvalue weighted by atomic mass is 28.3. The molecule has 0 fully saturated rings. The monoisotopic (exact) mass is 182 g/mol. The number of rotatable bonds is 6. The number of hydrogen-bond donors (Lipinski definition) is 0. The predicted molar refractivity (Wildman–Crippen MR) is 64.2 cm³/mol. The molecule has 2 heteroatoms. The first-order valence-electron chi connectivity index (χ1n) is 5.24. The zero-order chi connectivity index (χ0) is 9.45. The Morgan fingerprint density at radius 1 is 1.25 bits per heavy atom. The molecular weight excluding hydrogens is 159 g/mol. The van der Waals surface area contributed by atoms with Gasteiger partial charge in [0.05, 0.1) is 8.07 Å². The van der Waals surface area contributed by atoms with Crippen LogP contribution in [0.25, 0.3) is 0 Å². The van der Waals surface area contributed by atoms with E-state index in [4.69, 9.17) is 0 Å². The molecule has 0 radical (unpaired) electrons. The minimum Gasteiger partial charge on any atom is -0.0989 e. The van der Waals surface area contributed by atoms with Gasteiger partial charge >= 0.3 is 0 Å². The van der Waals surface area contributed by atoms with E-state index in [1.165, 1.54) is 32.8 Å². The van der Waals surface area contributed by atoms with E-state index < -0.39 is 8.07 Å². The lowest BCUT2D eigenvalue weighted by Crippen LogP contribution is -2.15. The third kappa shape index (κ3) is 10.0. The molecule has 0 aliphatic carbocycles. The van der Waals surface area contributed by atoms with Crippen LogP contribution in [-0.4, -0.2) is 15.4 Å². The van der Waals surface area contributed by atoms with Gasteiger partial charge < -0.3 is 0 Å². The molecule has 0 unspecified atom stereocenters. The van der Waals surface area contributed by atoms with Crippen LogP contribution in [0.2, 0.25) is 32.3 Å². The summed E-state index contributed by atoms with van der Waals surface area (Å²) >= 11 is 0. The number of allylic oxidation sites excluding steroid dienone is 1. The van der Waals surface area contributed by atoms with Crippen LogP contribution in [0.5, 0.6) is 0 Å². The lowest BCUT2D eigenvalue weighted by molar-refractivity contribution is 0.947. The van der Waals surface area contributed by atoms with Crippen LogP contribution in [-0.2, 0) is 0 Å². The fraction of sp³-hybridized carbons (Fsp3) is 0.800. The number of unbranched alkanes of at least 4 members (excludes halogenated alkanes) is 1. The maximum absolute atomic E-state index is 2.46. The first kappa shape index (κ1) is 12.0. The molecule has 0 N–H and O–H groups in total. The van der Waals surface area contributed by atoms with Gasteiger partial charge in [-0.05, 0) is 6.42 Å². The van der Waals surface area contributed by atoms with Gasteiger partial charge in [-0.3, -0.25) is 0 Å². The average Bonchev–Trinajstić information content (AvgIpc) is 1.94. The van der Waals surface area contributed by atoms with Crippen molar-refractivity contribution in [3.63, 3.8) is 0 Å². The van der Waals surface area contributed by atoms with Gasteiger partial charge in [-0.25, -0.2) is 0 Å². The van der Waals surface area contributed by atoms with Gasteiger partial charge in [0.15, 0.2) is 0 Å². The minimum atomic E-state index is -0.906. The quantitative estimate of drug-likeness (QED) is 0.435. The van der Waals surface area contributed by atoms with E-state index in [0.717, 1.165) is 0 Å². The molecule has 0 amide bonds. The summed E-state index contributed by atoms with van der Waals surface area (Å²) in [5.41, 5.74) is 2.46. The maximum atomic E-state index is 2.46. The van der Waals surface area contributed by atoms with Crippen LogP contribution in [0.4, 0.5) is 0 Å². The summed E-state index contributed by atoms with van der Waals surface area (Å²) in [6.45, 7) is 9.42. The standard InChI is InChI=1S/C10H23BSi/c1-5-11-9-7-6-8-10-12(2,3)4/h8,10-11H,5-7,9H2,1-4H3. The van der Waals surface area contributed by atoms with Crippen molar-refractivity contribution >= 4 is 15.4 Å². The van der Waals surface area contributed by atoms with Crippen molar-refractivity contribution in [2.75, 3.05) is 0 Å². The summed E-state index contributed by atoms with van der Waals surface area (Å²) in [7, 11) is 0.497. The predicted octanol–water partition coefficient (Wildman–Crippen LogP) is 3.49. The summed E-state index contributed by atoms with van der Waals surface area (Å²) in [4.78, 5) is 0. The lowest BCUT2D eigenvalue weighted by Gasteiger charge is -2.07. The Kier molecular flexibility index (Phi) is 6.54. The largest absolute Gasteiger partial charge is 0.120 e. The summed E-state index contributed by atoms with van der Waals surface area (Å²) in [6, 6.07) is 0. The van der Waals surface area contributed by atoms with Crippen LogP contribution in [0.1, 0.15) is 19.8 Å². The first-order chi connectivity index (χ1) is 5.56. The third-order valence-corrected chi connectivity index (χ3v) is 3.08. The fourth-order valence-corrected chi connectivity index (χ4v) is 2.00. The van der Waals surface area contributed by atoms with E-state index in [2.05, 4.69) is 38.3 Å². The SMILES string of the molecule is CCBCCCC=C[Si](C)(C)C. The molecule has 12 heavy (non-hydrogen) atoms. The van der Waals surface area contributed by atoms with Gasteiger partial charge in [-0.15, -0.1) is 0 Å². The van der Waals surface area contributed by atoms with Gasteiger partial charge in [0, 0.05) is 0 Å². The van der Waals surface area contributed by atoms with E-state index in [1.807, 2.05) is 0 Å². The van der Waals surface area contributed by atoms with Crippen molar-refractivity contribution in [1.82, 2.24) is 0 Å². The molecule has 0 bridgehead atoms. The second-order valence-electron chi connectivity index (χ2n) is 4.62. The summed E-state index contributed by atoms with van der Waals surface area (Å²) in [6.07, 6.45) is 7.82. The highest BCUT2D eigenvalue weighted by Crippen LogP contribution is 2.05. The van der Waals surface area contributed by atoms with Gasteiger partial charge in [-0.1, -0.05) is 57.4 Å². The van der Waals surface area contributed by atoms with Gasteiger partial charge in [0.1, 0.15) is 7.28 Å². The molecule has 0 aromatic carbocycles. The normalized spacial score (nSPS) is 12.3. The Bertz CT molecular complexity index is 124. The van der Waals surface area contributed by atoms with Crippen molar-refractivity contribution in [1.29, 1.82) is 0 Å². The molecule has 0 aromatic rings.